The highest BCUT2D eigenvalue weighted by Gasteiger charge is 2.74. The molecular formula is C26H40N4O6. The Labute approximate surface area is 213 Å². The number of aliphatic hydroxyl groups excluding tert-OH is 1. The van der Waals surface area contributed by atoms with Crippen LogP contribution in [0.2, 0.25) is 0 Å². The van der Waals surface area contributed by atoms with E-state index in [0.717, 1.165) is 13.1 Å². The topological polar surface area (TPSA) is 103 Å². The molecular weight excluding hydrogens is 464 g/mol. The Kier molecular flexibility index (Phi) is 8.49. The molecule has 4 saturated heterocycles. The molecule has 2 bridgehead atoms. The van der Waals surface area contributed by atoms with Crippen LogP contribution >= 0.6 is 0 Å². The number of likely N-dealkylation sites (tertiary alicyclic amines) is 1. The number of carbonyl (C=O) groups is 3. The van der Waals surface area contributed by atoms with Gasteiger partial charge in [0, 0.05) is 59.5 Å². The second-order valence-electron chi connectivity index (χ2n) is 10.2. The molecule has 4 heterocycles. The summed E-state index contributed by atoms with van der Waals surface area (Å²) in [4.78, 5) is 48.5. The van der Waals surface area contributed by atoms with Gasteiger partial charge in [-0.2, -0.15) is 0 Å². The van der Waals surface area contributed by atoms with Crippen LogP contribution in [0.3, 0.4) is 0 Å². The summed E-state index contributed by atoms with van der Waals surface area (Å²) in [7, 11) is 1.70. The molecule has 1 N–H and O–H groups in total. The molecule has 1 spiro atoms. The highest BCUT2D eigenvalue weighted by atomic mass is 16.5. The molecule has 0 aliphatic carbocycles. The minimum absolute atomic E-state index is 0.0936. The van der Waals surface area contributed by atoms with Crippen molar-refractivity contribution in [3.05, 3.63) is 25.3 Å². The SMILES string of the molecule is C=CCN(C)C(=O)[C@@H]1[C@@H]2CCC3(O2)C(C(=O)N(CC=C)CCN2CCOCC2)N(CCCO)C(=O)[C@H]13. The van der Waals surface area contributed by atoms with Gasteiger partial charge >= 0.3 is 0 Å². The van der Waals surface area contributed by atoms with Crippen LogP contribution in [0.5, 0.6) is 0 Å². The first-order valence-electron chi connectivity index (χ1n) is 13.0. The van der Waals surface area contributed by atoms with Gasteiger partial charge in [0.25, 0.3) is 0 Å². The number of ether oxygens (including phenoxy) is 2. The molecule has 3 amide bonds. The number of rotatable bonds is 12. The molecule has 0 aromatic heterocycles. The molecule has 5 atom stereocenters. The number of amides is 3. The van der Waals surface area contributed by atoms with Crippen LogP contribution in [-0.2, 0) is 23.9 Å². The number of fused-ring (bicyclic) bond motifs is 1. The van der Waals surface area contributed by atoms with Crippen molar-refractivity contribution >= 4 is 17.7 Å². The molecule has 200 valence electrons. The molecule has 0 aromatic carbocycles. The van der Waals surface area contributed by atoms with Crippen molar-refractivity contribution in [3.63, 3.8) is 0 Å². The van der Waals surface area contributed by atoms with Crippen LogP contribution in [-0.4, -0.2) is 133 Å². The first-order valence-corrected chi connectivity index (χ1v) is 13.0. The predicted molar refractivity (Wildman–Crippen MR) is 133 cm³/mol. The van der Waals surface area contributed by atoms with Gasteiger partial charge in [0.05, 0.1) is 31.2 Å². The van der Waals surface area contributed by atoms with Gasteiger partial charge < -0.3 is 29.3 Å². The average Bonchev–Trinajstić information content (AvgIpc) is 3.52. The van der Waals surface area contributed by atoms with Crippen molar-refractivity contribution in [2.45, 2.75) is 37.0 Å². The molecule has 4 fully saturated rings. The Balaban J connectivity index is 1.61. The van der Waals surface area contributed by atoms with Crippen molar-refractivity contribution in [1.29, 1.82) is 0 Å². The van der Waals surface area contributed by atoms with Crippen LogP contribution in [0, 0.1) is 11.8 Å². The summed E-state index contributed by atoms with van der Waals surface area (Å²) in [5.74, 6) is -1.86. The first-order chi connectivity index (χ1) is 17.4. The van der Waals surface area contributed by atoms with E-state index in [0.29, 0.717) is 58.7 Å². The van der Waals surface area contributed by atoms with Crippen molar-refractivity contribution in [1.82, 2.24) is 19.6 Å². The zero-order valence-electron chi connectivity index (χ0n) is 21.3. The Hall–Kier alpha value is -2.27. The summed E-state index contributed by atoms with van der Waals surface area (Å²) in [5.41, 5.74) is -1.03. The van der Waals surface area contributed by atoms with E-state index in [2.05, 4.69) is 18.1 Å². The summed E-state index contributed by atoms with van der Waals surface area (Å²) >= 11 is 0. The summed E-state index contributed by atoms with van der Waals surface area (Å²) in [6.45, 7) is 12.6. The van der Waals surface area contributed by atoms with Crippen molar-refractivity contribution in [2.75, 3.05) is 72.7 Å². The van der Waals surface area contributed by atoms with E-state index < -0.39 is 23.5 Å². The summed E-state index contributed by atoms with van der Waals surface area (Å²) in [6, 6.07) is -0.821. The fourth-order valence-corrected chi connectivity index (χ4v) is 6.44. The van der Waals surface area contributed by atoms with Crippen LogP contribution in [0.25, 0.3) is 0 Å². The lowest BCUT2D eigenvalue weighted by Crippen LogP contribution is -2.57. The first kappa shape index (κ1) is 26.8. The maximum Gasteiger partial charge on any atom is 0.248 e. The Morgan fingerprint density at radius 1 is 1.17 bits per heavy atom. The van der Waals surface area contributed by atoms with E-state index in [-0.39, 0.29) is 37.0 Å². The Morgan fingerprint density at radius 3 is 2.56 bits per heavy atom. The number of hydrogen-bond donors (Lipinski definition) is 1. The standard InChI is InChI=1S/C26H40N4O6/c1-4-9-27(3)23(32)20-19-7-8-26(36-19)21(20)24(33)30(11-6-16-31)22(26)25(34)29(10-5-2)13-12-28-14-17-35-18-15-28/h4-5,19-22,31H,1-2,6-18H2,3H3/t19-,20+,21-,22?,26?/m0/s1. The molecule has 0 radical (unpaired) electrons. The number of nitrogens with zero attached hydrogens (tertiary/aromatic N) is 4. The van der Waals surface area contributed by atoms with Gasteiger partial charge in [0.15, 0.2) is 0 Å². The van der Waals surface area contributed by atoms with Crippen LogP contribution < -0.4 is 0 Å². The van der Waals surface area contributed by atoms with Gasteiger partial charge in [-0.1, -0.05) is 12.2 Å². The third-order valence-corrected chi connectivity index (χ3v) is 8.11. The van der Waals surface area contributed by atoms with Crippen molar-refractivity contribution in [2.24, 2.45) is 11.8 Å². The van der Waals surface area contributed by atoms with E-state index in [1.165, 1.54) is 0 Å². The van der Waals surface area contributed by atoms with E-state index in [1.54, 1.807) is 33.9 Å². The minimum Gasteiger partial charge on any atom is -0.396 e. The van der Waals surface area contributed by atoms with Gasteiger partial charge in [0.2, 0.25) is 17.7 Å². The van der Waals surface area contributed by atoms with Crippen LogP contribution in [0.1, 0.15) is 19.3 Å². The quantitative estimate of drug-likeness (QED) is 0.365. The normalized spacial score (nSPS) is 31.4. The smallest absolute Gasteiger partial charge is 0.248 e. The molecule has 10 heteroatoms. The molecule has 4 aliphatic rings. The van der Waals surface area contributed by atoms with Crippen LogP contribution in [0.4, 0.5) is 0 Å². The zero-order valence-corrected chi connectivity index (χ0v) is 21.3. The fraction of sp³-hybridized carbons (Fsp3) is 0.731. The number of aliphatic hydroxyl groups is 1. The lowest BCUT2D eigenvalue weighted by atomic mass is 9.70. The predicted octanol–water partition coefficient (Wildman–Crippen LogP) is -0.265. The largest absolute Gasteiger partial charge is 0.396 e. The van der Waals surface area contributed by atoms with Crippen molar-refractivity contribution in [3.8, 4) is 0 Å². The lowest BCUT2D eigenvalue weighted by molar-refractivity contribution is -0.148. The second kappa shape index (κ2) is 11.4. The molecule has 0 saturated carbocycles. The van der Waals surface area contributed by atoms with Gasteiger partial charge in [-0.25, -0.2) is 0 Å². The maximum atomic E-state index is 14.2. The van der Waals surface area contributed by atoms with Crippen molar-refractivity contribution < 1.29 is 29.0 Å². The minimum atomic E-state index is -1.03. The molecule has 4 rings (SSSR count). The molecule has 2 unspecified atom stereocenters. The summed E-state index contributed by atoms with van der Waals surface area (Å²) in [6.07, 6.45) is 4.52. The third-order valence-electron chi connectivity index (χ3n) is 8.11. The molecule has 0 aromatic rings. The highest BCUT2D eigenvalue weighted by Crippen LogP contribution is 2.58. The lowest BCUT2D eigenvalue weighted by Gasteiger charge is -2.37. The molecule has 10 nitrogen and oxygen atoms in total. The second-order valence-corrected chi connectivity index (χ2v) is 10.2. The monoisotopic (exact) mass is 504 g/mol. The fourth-order valence-electron chi connectivity index (χ4n) is 6.44. The number of carbonyl (C=O) groups excluding carboxylic acids is 3. The number of morpholine rings is 1. The maximum absolute atomic E-state index is 14.2. The number of likely N-dealkylation sites (N-methyl/N-ethyl adjacent to an activating group) is 1. The van der Waals surface area contributed by atoms with E-state index in [1.807, 2.05) is 0 Å². The number of hydrogen-bond acceptors (Lipinski definition) is 7. The third kappa shape index (κ3) is 4.71. The van der Waals surface area contributed by atoms with Gasteiger partial charge in [-0.3, -0.25) is 19.3 Å². The average molecular weight is 505 g/mol. The summed E-state index contributed by atoms with van der Waals surface area (Å²) < 4.78 is 11.9. The zero-order chi connectivity index (χ0) is 25.9. The summed E-state index contributed by atoms with van der Waals surface area (Å²) in [5, 5.41) is 9.50. The van der Waals surface area contributed by atoms with Crippen LogP contribution in [0.15, 0.2) is 25.3 Å². The molecule has 36 heavy (non-hydrogen) atoms. The molecule has 4 aliphatic heterocycles. The van der Waals surface area contributed by atoms with Gasteiger partial charge in [-0.15, -0.1) is 13.2 Å². The van der Waals surface area contributed by atoms with E-state index in [9.17, 15) is 19.5 Å². The van der Waals surface area contributed by atoms with Gasteiger partial charge in [0.1, 0.15) is 11.6 Å². The van der Waals surface area contributed by atoms with Gasteiger partial charge in [-0.05, 0) is 19.3 Å². The van der Waals surface area contributed by atoms with E-state index in [4.69, 9.17) is 9.47 Å². The highest BCUT2D eigenvalue weighted by molar-refractivity contribution is 5.99. The van der Waals surface area contributed by atoms with E-state index >= 15 is 0 Å². The Bertz CT molecular complexity index is 861. The Morgan fingerprint density at radius 2 is 1.89 bits per heavy atom.